The molecule has 2 aromatic rings. The molecule has 2 fully saturated rings. The van der Waals surface area contributed by atoms with Crippen molar-refractivity contribution >= 4 is 29.7 Å². The van der Waals surface area contributed by atoms with Gasteiger partial charge in [-0.05, 0) is 55.2 Å². The molecule has 0 bridgehead atoms. The Morgan fingerprint density at radius 3 is 2.66 bits per heavy atom. The van der Waals surface area contributed by atoms with Crippen molar-refractivity contribution in [3.8, 4) is 0 Å². The van der Waals surface area contributed by atoms with Gasteiger partial charge in [0.25, 0.3) is 5.91 Å². The second kappa shape index (κ2) is 9.05. The SMILES string of the molecule is CN1C(=O)/C(=C/c2ccc(C(F)(F)F)cc2)SC2CCC(C(=O)NCc3ccco3)CC21. The van der Waals surface area contributed by atoms with Gasteiger partial charge in [0.1, 0.15) is 5.76 Å². The van der Waals surface area contributed by atoms with E-state index < -0.39 is 11.7 Å². The summed E-state index contributed by atoms with van der Waals surface area (Å²) in [6.45, 7) is 0.333. The lowest BCUT2D eigenvalue weighted by molar-refractivity contribution is -0.137. The van der Waals surface area contributed by atoms with E-state index >= 15 is 0 Å². The van der Waals surface area contributed by atoms with Gasteiger partial charge < -0.3 is 14.6 Å². The molecule has 1 saturated heterocycles. The van der Waals surface area contributed by atoms with Crippen LogP contribution in [0.1, 0.15) is 36.1 Å². The summed E-state index contributed by atoms with van der Waals surface area (Å²) in [6, 6.07) is 8.28. The zero-order valence-electron chi connectivity index (χ0n) is 17.4. The number of likely N-dealkylation sites (N-methyl/N-ethyl adjacent to an activating group) is 1. The van der Waals surface area contributed by atoms with E-state index in [2.05, 4.69) is 5.32 Å². The zero-order chi connectivity index (χ0) is 22.9. The number of fused-ring (bicyclic) bond motifs is 1. The third-order valence-corrected chi connectivity index (χ3v) is 7.38. The minimum absolute atomic E-state index is 0.0446. The summed E-state index contributed by atoms with van der Waals surface area (Å²) in [6.07, 6.45) is 0.878. The summed E-state index contributed by atoms with van der Waals surface area (Å²) < 4.78 is 43.6. The highest BCUT2D eigenvalue weighted by molar-refractivity contribution is 8.04. The molecule has 1 N–H and O–H groups in total. The standard InChI is InChI=1S/C23H23F3N2O3S/c1-28-18-12-15(21(29)27-13-17-3-2-10-31-17)6-9-19(18)32-20(22(28)30)11-14-4-7-16(8-5-14)23(24,25)26/h2-5,7-8,10-11,15,18-19H,6,9,12-13H2,1H3,(H,27,29)/b20-11-. The summed E-state index contributed by atoms with van der Waals surface area (Å²) in [5.41, 5.74) is -0.171. The molecule has 0 radical (unpaired) electrons. The van der Waals surface area contributed by atoms with Gasteiger partial charge in [0.05, 0.1) is 23.3 Å². The molecule has 170 valence electrons. The largest absolute Gasteiger partial charge is 0.467 e. The molecule has 2 amide bonds. The fourth-order valence-corrected chi connectivity index (χ4v) is 5.67. The predicted octanol–water partition coefficient (Wildman–Crippen LogP) is 4.70. The van der Waals surface area contributed by atoms with Crippen LogP contribution in [-0.4, -0.2) is 35.1 Å². The Morgan fingerprint density at radius 1 is 1.25 bits per heavy atom. The summed E-state index contributed by atoms with van der Waals surface area (Å²) >= 11 is 1.46. The molecule has 3 unspecified atom stereocenters. The summed E-state index contributed by atoms with van der Waals surface area (Å²) in [5.74, 6) is 0.290. The van der Waals surface area contributed by atoms with Crippen LogP contribution < -0.4 is 5.32 Å². The van der Waals surface area contributed by atoms with E-state index in [1.165, 1.54) is 23.9 Å². The predicted molar refractivity (Wildman–Crippen MR) is 115 cm³/mol. The summed E-state index contributed by atoms with van der Waals surface area (Å²) in [5, 5.41) is 3.04. The highest BCUT2D eigenvalue weighted by atomic mass is 32.2. The molecule has 1 aliphatic carbocycles. The smallest absolute Gasteiger partial charge is 0.416 e. The van der Waals surface area contributed by atoms with Crippen molar-refractivity contribution in [1.82, 2.24) is 10.2 Å². The number of nitrogens with zero attached hydrogens (tertiary/aromatic N) is 1. The molecule has 1 aliphatic heterocycles. The monoisotopic (exact) mass is 464 g/mol. The molecular weight excluding hydrogens is 441 g/mol. The van der Waals surface area contributed by atoms with Crippen molar-refractivity contribution in [2.24, 2.45) is 5.92 Å². The number of nitrogens with one attached hydrogen (secondary N) is 1. The van der Waals surface area contributed by atoms with E-state index in [1.807, 2.05) is 0 Å². The lowest BCUT2D eigenvalue weighted by Gasteiger charge is -2.44. The van der Waals surface area contributed by atoms with Crippen molar-refractivity contribution < 1.29 is 27.2 Å². The Bertz CT molecular complexity index is 1000. The highest BCUT2D eigenvalue weighted by Crippen LogP contribution is 2.43. The number of carbonyl (C=O) groups excluding carboxylic acids is 2. The third kappa shape index (κ3) is 4.87. The Balaban J connectivity index is 1.40. The van der Waals surface area contributed by atoms with Crippen LogP contribution in [0, 0.1) is 5.92 Å². The lowest BCUT2D eigenvalue weighted by Crippen LogP contribution is -2.52. The first-order valence-electron chi connectivity index (χ1n) is 10.4. The second-order valence-electron chi connectivity index (χ2n) is 8.08. The number of amides is 2. The van der Waals surface area contributed by atoms with Crippen LogP contribution >= 0.6 is 11.8 Å². The van der Waals surface area contributed by atoms with Crippen LogP contribution in [0.4, 0.5) is 13.2 Å². The molecule has 32 heavy (non-hydrogen) atoms. The molecule has 0 spiro atoms. The van der Waals surface area contributed by atoms with E-state index in [9.17, 15) is 22.8 Å². The number of hydrogen-bond acceptors (Lipinski definition) is 4. The van der Waals surface area contributed by atoms with Gasteiger partial charge in [0.2, 0.25) is 5.91 Å². The molecule has 4 rings (SSSR count). The number of alkyl halides is 3. The van der Waals surface area contributed by atoms with Crippen LogP contribution in [-0.2, 0) is 22.3 Å². The summed E-state index contributed by atoms with van der Waals surface area (Å²) in [4.78, 5) is 27.7. The topological polar surface area (TPSA) is 62.6 Å². The van der Waals surface area contributed by atoms with Crippen LogP contribution in [0.25, 0.3) is 6.08 Å². The number of rotatable bonds is 4. The third-order valence-electron chi connectivity index (χ3n) is 5.99. The average Bonchev–Trinajstić information content (AvgIpc) is 3.29. The quantitative estimate of drug-likeness (QED) is 0.667. The minimum Gasteiger partial charge on any atom is -0.467 e. The van der Waals surface area contributed by atoms with Crippen molar-refractivity contribution in [3.63, 3.8) is 0 Å². The van der Waals surface area contributed by atoms with Gasteiger partial charge in [-0.3, -0.25) is 9.59 Å². The Labute approximate surface area is 188 Å². The summed E-state index contributed by atoms with van der Waals surface area (Å²) in [7, 11) is 1.73. The minimum atomic E-state index is -4.39. The molecule has 1 aromatic heterocycles. The Morgan fingerprint density at radius 2 is 2.00 bits per heavy atom. The normalized spacial score (nSPS) is 25.0. The van der Waals surface area contributed by atoms with E-state index in [0.29, 0.717) is 35.6 Å². The van der Waals surface area contributed by atoms with Crippen molar-refractivity contribution in [3.05, 3.63) is 64.5 Å². The molecule has 1 aromatic carbocycles. The van der Waals surface area contributed by atoms with Crippen molar-refractivity contribution in [2.45, 2.75) is 43.3 Å². The molecule has 1 saturated carbocycles. The second-order valence-corrected chi connectivity index (χ2v) is 9.36. The van der Waals surface area contributed by atoms with Gasteiger partial charge in [-0.1, -0.05) is 12.1 Å². The molecule has 3 atom stereocenters. The van der Waals surface area contributed by atoms with Gasteiger partial charge in [-0.25, -0.2) is 0 Å². The number of halogens is 3. The van der Waals surface area contributed by atoms with Crippen molar-refractivity contribution in [1.29, 1.82) is 0 Å². The molecule has 9 heteroatoms. The number of furan rings is 1. The number of benzene rings is 1. The first-order chi connectivity index (χ1) is 15.2. The number of carbonyl (C=O) groups is 2. The maximum absolute atomic E-state index is 12.9. The number of thioether (sulfide) groups is 1. The van der Waals surface area contributed by atoms with Gasteiger partial charge in [-0.15, -0.1) is 11.8 Å². The zero-order valence-corrected chi connectivity index (χ0v) is 18.2. The maximum Gasteiger partial charge on any atom is 0.416 e. The Kier molecular flexibility index (Phi) is 6.37. The molecule has 5 nitrogen and oxygen atoms in total. The molecule has 2 aliphatic rings. The first kappa shape index (κ1) is 22.5. The first-order valence-corrected chi connectivity index (χ1v) is 11.2. The van der Waals surface area contributed by atoms with E-state index in [0.717, 1.165) is 18.6 Å². The van der Waals surface area contributed by atoms with Gasteiger partial charge >= 0.3 is 6.18 Å². The highest BCUT2D eigenvalue weighted by Gasteiger charge is 2.42. The van der Waals surface area contributed by atoms with Crippen LogP contribution in [0.15, 0.2) is 52.0 Å². The van der Waals surface area contributed by atoms with E-state index in [4.69, 9.17) is 4.42 Å². The van der Waals surface area contributed by atoms with Crippen LogP contribution in [0.5, 0.6) is 0 Å². The van der Waals surface area contributed by atoms with Gasteiger partial charge in [-0.2, -0.15) is 13.2 Å². The van der Waals surface area contributed by atoms with Crippen molar-refractivity contribution in [2.75, 3.05) is 7.05 Å². The van der Waals surface area contributed by atoms with Gasteiger partial charge in [0.15, 0.2) is 0 Å². The van der Waals surface area contributed by atoms with E-state index in [1.54, 1.807) is 36.4 Å². The van der Waals surface area contributed by atoms with E-state index in [-0.39, 0.29) is 29.0 Å². The fourth-order valence-electron chi connectivity index (χ4n) is 4.19. The lowest BCUT2D eigenvalue weighted by atomic mass is 9.83. The van der Waals surface area contributed by atoms with Gasteiger partial charge in [0, 0.05) is 24.3 Å². The maximum atomic E-state index is 12.9. The van der Waals surface area contributed by atoms with Crippen LogP contribution in [0.2, 0.25) is 0 Å². The Hall–Kier alpha value is -2.68. The molecule has 2 heterocycles. The number of hydrogen-bond donors (Lipinski definition) is 1. The fraction of sp³-hybridized carbons (Fsp3) is 0.391. The molecular formula is C23H23F3N2O3S. The van der Waals surface area contributed by atoms with Crippen LogP contribution in [0.3, 0.4) is 0 Å². The average molecular weight is 465 g/mol.